The number of amides is 2. The molecule has 0 radical (unpaired) electrons. The highest BCUT2D eigenvalue weighted by atomic mass is 32.1. The fraction of sp³-hybridized carbons (Fsp3) is 0.0909. The van der Waals surface area contributed by atoms with Crippen molar-refractivity contribution >= 4 is 34.9 Å². The first-order chi connectivity index (χ1) is 13.1. The number of hydrogen-bond donors (Lipinski definition) is 2. The summed E-state index contributed by atoms with van der Waals surface area (Å²) in [5, 5.41) is 9.60. The Hall–Kier alpha value is -3.18. The first-order valence-electron chi connectivity index (χ1n) is 8.59. The second kappa shape index (κ2) is 8.96. The van der Waals surface area contributed by atoms with Crippen LogP contribution < -0.4 is 10.6 Å². The van der Waals surface area contributed by atoms with Gasteiger partial charge >= 0.3 is 0 Å². The molecule has 2 aromatic carbocycles. The average molecular weight is 376 g/mol. The van der Waals surface area contributed by atoms with Crippen molar-refractivity contribution in [2.75, 3.05) is 5.32 Å². The van der Waals surface area contributed by atoms with Crippen LogP contribution in [0.15, 0.2) is 77.5 Å². The second-order valence-electron chi connectivity index (χ2n) is 6.06. The maximum absolute atomic E-state index is 12.4. The number of hydrogen-bond acceptors (Lipinski definition) is 3. The molecule has 0 bridgehead atoms. The Labute approximate surface area is 162 Å². The number of carbonyl (C=O) groups excluding carboxylic acids is 2. The predicted molar refractivity (Wildman–Crippen MR) is 111 cm³/mol. The van der Waals surface area contributed by atoms with Gasteiger partial charge in [-0.3, -0.25) is 9.59 Å². The molecule has 2 amide bonds. The van der Waals surface area contributed by atoms with Crippen LogP contribution in [0.4, 0.5) is 5.69 Å². The Balaban J connectivity index is 1.57. The minimum absolute atomic E-state index is 0.265. The van der Waals surface area contributed by atoms with Crippen molar-refractivity contribution in [2.24, 2.45) is 0 Å². The zero-order chi connectivity index (χ0) is 19.1. The van der Waals surface area contributed by atoms with Gasteiger partial charge in [0.05, 0.1) is 0 Å². The molecular weight excluding hydrogens is 356 g/mol. The fourth-order valence-corrected chi connectivity index (χ4v) is 3.18. The van der Waals surface area contributed by atoms with E-state index in [4.69, 9.17) is 0 Å². The molecule has 4 nitrogen and oxygen atoms in total. The highest BCUT2D eigenvalue weighted by Crippen LogP contribution is 2.24. The highest BCUT2D eigenvalue weighted by Gasteiger charge is 2.14. The van der Waals surface area contributed by atoms with E-state index < -0.39 is 6.04 Å². The predicted octanol–water partition coefficient (Wildman–Crippen LogP) is 4.57. The number of rotatable bonds is 6. The van der Waals surface area contributed by atoms with Crippen LogP contribution >= 0.6 is 11.3 Å². The van der Waals surface area contributed by atoms with Gasteiger partial charge < -0.3 is 10.6 Å². The molecule has 3 rings (SSSR count). The molecule has 1 unspecified atom stereocenters. The average Bonchev–Trinajstić information content (AvgIpc) is 3.22. The van der Waals surface area contributed by atoms with Gasteiger partial charge in [-0.2, -0.15) is 11.3 Å². The summed E-state index contributed by atoms with van der Waals surface area (Å²) in [7, 11) is 0. The number of benzene rings is 2. The summed E-state index contributed by atoms with van der Waals surface area (Å²) in [5.74, 6) is -0.576. The molecule has 3 aromatic rings. The smallest absolute Gasteiger partial charge is 0.246 e. The Bertz CT molecular complexity index is 934. The number of thiophene rings is 1. The van der Waals surface area contributed by atoms with Crippen LogP contribution in [0.2, 0.25) is 0 Å². The molecule has 136 valence electrons. The van der Waals surface area contributed by atoms with Crippen LogP contribution in [0, 0.1) is 0 Å². The summed E-state index contributed by atoms with van der Waals surface area (Å²) in [5.41, 5.74) is 3.78. The van der Waals surface area contributed by atoms with Gasteiger partial charge in [0, 0.05) is 11.8 Å². The first-order valence-corrected chi connectivity index (χ1v) is 9.53. The first kappa shape index (κ1) is 18.6. The topological polar surface area (TPSA) is 58.2 Å². The molecule has 0 saturated heterocycles. The van der Waals surface area contributed by atoms with Crippen molar-refractivity contribution < 1.29 is 9.59 Å². The lowest BCUT2D eigenvalue weighted by Gasteiger charge is -2.13. The van der Waals surface area contributed by atoms with E-state index in [1.165, 1.54) is 6.08 Å². The molecular formula is C22H20N2O2S. The second-order valence-corrected chi connectivity index (χ2v) is 6.84. The van der Waals surface area contributed by atoms with Gasteiger partial charge in [-0.05, 0) is 58.6 Å². The van der Waals surface area contributed by atoms with Crippen LogP contribution in [-0.4, -0.2) is 17.9 Å². The largest absolute Gasteiger partial charge is 0.341 e. The standard InChI is InChI=1S/C22H20N2O2S/c1-16(23-21(25)11-10-17-6-3-2-4-7-17)22(26)24-20-9-5-8-18(14-20)19-12-13-27-15-19/h2-16H,1H3,(H,23,25)(H,24,26)/b11-10+. The number of carbonyl (C=O) groups is 2. The monoisotopic (exact) mass is 376 g/mol. The van der Waals surface area contributed by atoms with E-state index in [-0.39, 0.29) is 11.8 Å². The maximum atomic E-state index is 12.4. The third-order valence-corrected chi connectivity index (χ3v) is 4.65. The van der Waals surface area contributed by atoms with E-state index in [1.54, 1.807) is 24.3 Å². The maximum Gasteiger partial charge on any atom is 0.246 e. The van der Waals surface area contributed by atoms with Crippen molar-refractivity contribution in [1.29, 1.82) is 0 Å². The highest BCUT2D eigenvalue weighted by molar-refractivity contribution is 7.08. The molecule has 27 heavy (non-hydrogen) atoms. The summed E-state index contributed by atoms with van der Waals surface area (Å²) in [6.07, 6.45) is 3.14. The lowest BCUT2D eigenvalue weighted by atomic mass is 10.1. The van der Waals surface area contributed by atoms with E-state index >= 15 is 0 Å². The van der Waals surface area contributed by atoms with Gasteiger partial charge in [0.25, 0.3) is 0 Å². The van der Waals surface area contributed by atoms with Crippen LogP contribution in [0.1, 0.15) is 12.5 Å². The number of anilines is 1. The Morgan fingerprint density at radius 1 is 1.00 bits per heavy atom. The van der Waals surface area contributed by atoms with Crippen LogP contribution in [-0.2, 0) is 9.59 Å². The molecule has 2 N–H and O–H groups in total. The summed E-state index contributed by atoms with van der Waals surface area (Å²) >= 11 is 1.63. The minimum atomic E-state index is -0.650. The van der Waals surface area contributed by atoms with E-state index in [2.05, 4.69) is 16.0 Å². The molecule has 5 heteroatoms. The zero-order valence-corrected chi connectivity index (χ0v) is 15.7. The van der Waals surface area contributed by atoms with Crippen molar-refractivity contribution in [3.05, 3.63) is 83.1 Å². The molecule has 1 heterocycles. The number of nitrogens with one attached hydrogen (secondary N) is 2. The van der Waals surface area contributed by atoms with Gasteiger partial charge in [-0.15, -0.1) is 0 Å². The molecule has 0 fully saturated rings. The van der Waals surface area contributed by atoms with Gasteiger partial charge in [0.2, 0.25) is 11.8 Å². The van der Waals surface area contributed by atoms with Gasteiger partial charge in [0.15, 0.2) is 0 Å². The van der Waals surface area contributed by atoms with Gasteiger partial charge in [0.1, 0.15) is 6.04 Å². The quantitative estimate of drug-likeness (QED) is 0.619. The van der Waals surface area contributed by atoms with Gasteiger partial charge in [-0.25, -0.2) is 0 Å². The zero-order valence-electron chi connectivity index (χ0n) is 14.9. The molecule has 0 saturated carbocycles. The third kappa shape index (κ3) is 5.39. The summed E-state index contributed by atoms with van der Waals surface area (Å²) in [6.45, 7) is 1.66. The Morgan fingerprint density at radius 3 is 2.56 bits per heavy atom. The minimum Gasteiger partial charge on any atom is -0.341 e. The van der Waals surface area contributed by atoms with E-state index in [9.17, 15) is 9.59 Å². The normalized spacial score (nSPS) is 11.9. The molecule has 0 aliphatic heterocycles. The Kier molecular flexibility index (Phi) is 6.18. The van der Waals surface area contributed by atoms with Gasteiger partial charge in [-0.1, -0.05) is 42.5 Å². The molecule has 0 aliphatic rings. The Morgan fingerprint density at radius 2 is 1.81 bits per heavy atom. The summed E-state index contributed by atoms with van der Waals surface area (Å²) in [4.78, 5) is 24.4. The summed E-state index contributed by atoms with van der Waals surface area (Å²) < 4.78 is 0. The molecule has 1 aromatic heterocycles. The van der Waals surface area contributed by atoms with Crippen LogP contribution in [0.3, 0.4) is 0 Å². The van der Waals surface area contributed by atoms with E-state index in [0.717, 1.165) is 16.7 Å². The van der Waals surface area contributed by atoms with E-state index in [0.29, 0.717) is 5.69 Å². The fourth-order valence-electron chi connectivity index (χ4n) is 2.52. The van der Waals surface area contributed by atoms with Crippen molar-refractivity contribution in [3.63, 3.8) is 0 Å². The third-order valence-electron chi connectivity index (χ3n) is 3.96. The molecule has 1 atom stereocenters. The SMILES string of the molecule is CC(NC(=O)/C=C/c1ccccc1)C(=O)Nc1cccc(-c2ccsc2)c1. The van der Waals surface area contributed by atoms with E-state index in [1.807, 2.05) is 66.0 Å². The molecule has 0 spiro atoms. The van der Waals surface area contributed by atoms with Crippen LogP contribution in [0.5, 0.6) is 0 Å². The lowest BCUT2D eigenvalue weighted by molar-refractivity contribution is -0.123. The lowest BCUT2D eigenvalue weighted by Crippen LogP contribution is -2.40. The van der Waals surface area contributed by atoms with Crippen molar-refractivity contribution in [2.45, 2.75) is 13.0 Å². The van der Waals surface area contributed by atoms with Crippen molar-refractivity contribution in [1.82, 2.24) is 5.32 Å². The van der Waals surface area contributed by atoms with Crippen molar-refractivity contribution in [3.8, 4) is 11.1 Å². The van der Waals surface area contributed by atoms with Crippen LogP contribution in [0.25, 0.3) is 17.2 Å². The summed E-state index contributed by atoms with van der Waals surface area (Å²) in [6, 6.07) is 18.6. The molecule has 0 aliphatic carbocycles.